The summed E-state index contributed by atoms with van der Waals surface area (Å²) < 4.78 is 0. The van der Waals surface area contributed by atoms with E-state index in [0.717, 1.165) is 50.1 Å². The molecule has 150 valence electrons. The van der Waals surface area contributed by atoms with Crippen LogP contribution < -0.4 is 0 Å². The second-order valence-electron chi connectivity index (χ2n) is 8.73. The van der Waals surface area contributed by atoms with Crippen LogP contribution in [0.5, 0.6) is 0 Å². The molecular weight excluding hydrogens is 392 g/mol. The van der Waals surface area contributed by atoms with Gasteiger partial charge in [-0.3, -0.25) is 9.59 Å². The van der Waals surface area contributed by atoms with E-state index in [-0.39, 0.29) is 17.5 Å². The molecule has 0 aliphatic heterocycles. The first kappa shape index (κ1) is 17.6. The van der Waals surface area contributed by atoms with Crippen molar-refractivity contribution in [3.8, 4) is 0 Å². The summed E-state index contributed by atoms with van der Waals surface area (Å²) in [5, 5.41) is 0. The van der Waals surface area contributed by atoms with Crippen molar-refractivity contribution in [3.63, 3.8) is 0 Å². The number of Topliss-reactive ketones (excluding diaryl/α,β-unsaturated/α-hetero) is 2. The summed E-state index contributed by atoms with van der Waals surface area (Å²) in [5.41, 5.74) is 7.08. The van der Waals surface area contributed by atoms with E-state index in [0.29, 0.717) is 0 Å². The monoisotopic (exact) mass is 410 g/mol. The van der Waals surface area contributed by atoms with Gasteiger partial charge in [0, 0.05) is 22.6 Å². The molecule has 7 rings (SSSR count). The van der Waals surface area contributed by atoms with Gasteiger partial charge in [0.1, 0.15) is 0 Å². The molecule has 3 aliphatic rings. The lowest BCUT2D eigenvalue weighted by molar-refractivity contribution is 0.0921. The SMILES string of the molecule is O=C1C2=C(c3ccccc31)[C@@H]1c3ccccc3C(=O)[C@@]1(c1ccccc1)c1ccccc12. The third-order valence-corrected chi connectivity index (χ3v) is 7.40. The summed E-state index contributed by atoms with van der Waals surface area (Å²) in [4.78, 5) is 28.1. The van der Waals surface area contributed by atoms with Gasteiger partial charge in [-0.15, -0.1) is 0 Å². The predicted molar refractivity (Wildman–Crippen MR) is 125 cm³/mol. The molecule has 2 heteroatoms. The lowest BCUT2D eigenvalue weighted by atomic mass is 9.58. The fourth-order valence-electron chi connectivity index (χ4n) is 6.26. The Kier molecular flexibility index (Phi) is 3.31. The zero-order valence-corrected chi connectivity index (χ0v) is 17.2. The highest BCUT2D eigenvalue weighted by Crippen LogP contribution is 2.65. The van der Waals surface area contributed by atoms with E-state index in [4.69, 9.17) is 0 Å². The van der Waals surface area contributed by atoms with Gasteiger partial charge >= 0.3 is 0 Å². The number of fused-ring (bicyclic) bond motifs is 9. The summed E-state index contributed by atoms with van der Waals surface area (Å²) in [5.74, 6) is -0.0761. The van der Waals surface area contributed by atoms with Gasteiger partial charge in [0.15, 0.2) is 11.6 Å². The Morgan fingerprint density at radius 2 is 1.16 bits per heavy atom. The van der Waals surface area contributed by atoms with Crippen LogP contribution in [-0.4, -0.2) is 11.6 Å². The van der Waals surface area contributed by atoms with Crippen molar-refractivity contribution in [1.29, 1.82) is 0 Å². The molecule has 0 bridgehead atoms. The van der Waals surface area contributed by atoms with Crippen LogP contribution in [0.15, 0.2) is 103 Å². The molecule has 0 unspecified atom stereocenters. The molecule has 0 spiro atoms. The van der Waals surface area contributed by atoms with E-state index in [1.54, 1.807) is 0 Å². The Morgan fingerprint density at radius 3 is 1.94 bits per heavy atom. The highest BCUT2D eigenvalue weighted by atomic mass is 16.1. The fraction of sp³-hybridized carbons (Fsp3) is 0.0667. The second kappa shape index (κ2) is 6.02. The molecular formula is C30H18O2. The third-order valence-electron chi connectivity index (χ3n) is 7.40. The lowest BCUT2D eigenvalue weighted by Crippen LogP contribution is -2.41. The summed E-state index contributed by atoms with van der Waals surface area (Å²) >= 11 is 0. The Labute approximate surface area is 185 Å². The van der Waals surface area contributed by atoms with Crippen LogP contribution in [0, 0.1) is 0 Å². The van der Waals surface area contributed by atoms with Gasteiger partial charge in [0.2, 0.25) is 0 Å². The van der Waals surface area contributed by atoms with Crippen molar-refractivity contribution in [2.75, 3.05) is 0 Å². The van der Waals surface area contributed by atoms with E-state index < -0.39 is 5.41 Å². The summed E-state index contributed by atoms with van der Waals surface area (Å²) in [6.07, 6.45) is 0. The smallest absolute Gasteiger partial charge is 0.194 e. The maximum Gasteiger partial charge on any atom is 0.194 e. The van der Waals surface area contributed by atoms with Gasteiger partial charge in [0.05, 0.1) is 5.41 Å². The van der Waals surface area contributed by atoms with E-state index in [9.17, 15) is 9.59 Å². The topological polar surface area (TPSA) is 34.1 Å². The molecule has 0 amide bonds. The van der Waals surface area contributed by atoms with E-state index in [1.165, 1.54) is 0 Å². The zero-order chi connectivity index (χ0) is 21.4. The molecule has 0 fully saturated rings. The Bertz CT molecular complexity index is 1510. The number of ketones is 2. The zero-order valence-electron chi connectivity index (χ0n) is 17.2. The van der Waals surface area contributed by atoms with Crippen LogP contribution in [0.4, 0.5) is 0 Å². The van der Waals surface area contributed by atoms with Crippen LogP contribution >= 0.6 is 0 Å². The number of hydrogen-bond acceptors (Lipinski definition) is 2. The quantitative estimate of drug-likeness (QED) is 0.381. The van der Waals surface area contributed by atoms with Crippen molar-refractivity contribution >= 4 is 22.7 Å². The van der Waals surface area contributed by atoms with Crippen molar-refractivity contribution in [2.24, 2.45) is 0 Å². The minimum Gasteiger partial charge on any atom is -0.293 e. The molecule has 0 radical (unpaired) electrons. The highest BCUT2D eigenvalue weighted by Gasteiger charge is 2.61. The first-order chi connectivity index (χ1) is 15.7. The number of hydrogen-bond donors (Lipinski definition) is 0. The summed E-state index contributed by atoms with van der Waals surface area (Å²) in [7, 11) is 0. The van der Waals surface area contributed by atoms with Gasteiger partial charge in [-0.25, -0.2) is 0 Å². The molecule has 0 aromatic heterocycles. The van der Waals surface area contributed by atoms with Crippen LogP contribution in [0.3, 0.4) is 0 Å². The molecule has 2 nitrogen and oxygen atoms in total. The van der Waals surface area contributed by atoms with E-state index in [1.807, 2.05) is 84.9 Å². The van der Waals surface area contributed by atoms with Crippen molar-refractivity contribution in [3.05, 3.63) is 142 Å². The summed E-state index contributed by atoms with van der Waals surface area (Å²) in [6, 6.07) is 33.8. The first-order valence-electron chi connectivity index (χ1n) is 10.9. The first-order valence-corrected chi connectivity index (χ1v) is 10.9. The normalized spacial score (nSPS) is 22.2. The molecule has 0 saturated carbocycles. The van der Waals surface area contributed by atoms with Gasteiger partial charge < -0.3 is 0 Å². The Morgan fingerprint density at radius 1 is 0.562 bits per heavy atom. The maximum absolute atomic E-state index is 14.4. The minimum absolute atomic E-state index is 0.0570. The number of benzene rings is 4. The molecule has 0 N–H and O–H groups in total. The molecule has 4 aromatic rings. The Hall–Kier alpha value is -4.04. The van der Waals surface area contributed by atoms with E-state index >= 15 is 0 Å². The summed E-state index contributed by atoms with van der Waals surface area (Å²) in [6.45, 7) is 0. The molecule has 2 atom stereocenters. The van der Waals surface area contributed by atoms with Gasteiger partial charge in [-0.1, -0.05) is 103 Å². The number of carbonyl (C=O) groups excluding carboxylic acids is 2. The van der Waals surface area contributed by atoms with E-state index in [2.05, 4.69) is 18.2 Å². The van der Waals surface area contributed by atoms with Gasteiger partial charge in [-0.2, -0.15) is 0 Å². The maximum atomic E-state index is 14.4. The van der Waals surface area contributed by atoms with Crippen molar-refractivity contribution in [1.82, 2.24) is 0 Å². The van der Waals surface area contributed by atoms with Crippen molar-refractivity contribution in [2.45, 2.75) is 11.3 Å². The molecule has 0 heterocycles. The average molecular weight is 410 g/mol. The predicted octanol–water partition coefficient (Wildman–Crippen LogP) is 6.07. The fourth-order valence-corrected chi connectivity index (χ4v) is 6.26. The second-order valence-corrected chi connectivity index (χ2v) is 8.73. The molecule has 32 heavy (non-hydrogen) atoms. The van der Waals surface area contributed by atoms with Crippen LogP contribution in [0.25, 0.3) is 11.1 Å². The number of carbonyl (C=O) groups is 2. The standard InChI is InChI=1S/C30H18O2/c31-28-21-14-6-4-12-19(21)25-26(28)23-16-8-9-17-24(23)30(18-10-2-1-3-11-18)27(25)20-13-5-7-15-22(20)29(30)32/h1-17,27H/t27-,30-/m0/s1. The minimum atomic E-state index is -0.891. The van der Waals surface area contributed by atoms with Crippen molar-refractivity contribution < 1.29 is 9.59 Å². The molecule has 0 saturated heterocycles. The largest absolute Gasteiger partial charge is 0.293 e. The average Bonchev–Trinajstić information content (AvgIpc) is 3.30. The molecule has 4 aromatic carbocycles. The van der Waals surface area contributed by atoms with Crippen LogP contribution in [-0.2, 0) is 5.41 Å². The van der Waals surface area contributed by atoms with Crippen LogP contribution in [0.2, 0.25) is 0 Å². The van der Waals surface area contributed by atoms with Crippen LogP contribution in [0.1, 0.15) is 54.5 Å². The third kappa shape index (κ3) is 1.87. The molecule has 3 aliphatic carbocycles. The van der Waals surface area contributed by atoms with Gasteiger partial charge in [0.25, 0.3) is 0 Å². The Balaban J connectivity index is 1.70. The van der Waals surface area contributed by atoms with Gasteiger partial charge in [-0.05, 0) is 33.4 Å². The highest BCUT2D eigenvalue weighted by molar-refractivity contribution is 6.42. The number of rotatable bonds is 1. The lowest BCUT2D eigenvalue weighted by Gasteiger charge is -2.41. The number of allylic oxidation sites excluding steroid dienone is 2.